The van der Waals surface area contributed by atoms with Gasteiger partial charge < -0.3 is 5.32 Å². The molecule has 26 heavy (non-hydrogen) atoms. The first kappa shape index (κ1) is 20.0. The van der Waals surface area contributed by atoms with Gasteiger partial charge >= 0.3 is 0 Å². The molecule has 0 aliphatic heterocycles. The van der Waals surface area contributed by atoms with Crippen molar-refractivity contribution in [2.24, 2.45) is 0 Å². The molecule has 2 aromatic rings. The van der Waals surface area contributed by atoms with E-state index < -0.39 is 10.0 Å². The lowest BCUT2D eigenvalue weighted by Gasteiger charge is -2.22. The number of carbonyl (C=O) groups is 1. The van der Waals surface area contributed by atoms with Crippen LogP contribution < -0.4 is 9.62 Å². The molecule has 5 nitrogen and oxygen atoms in total. The number of carbonyl (C=O) groups excluding carboxylic acids is 1. The van der Waals surface area contributed by atoms with Gasteiger partial charge in [-0.2, -0.15) is 0 Å². The minimum absolute atomic E-state index is 0.119. The number of anilines is 2. The fourth-order valence-corrected chi connectivity index (χ4v) is 3.59. The number of rotatable bonds is 8. The highest BCUT2D eigenvalue weighted by Crippen LogP contribution is 2.19. The minimum Gasteiger partial charge on any atom is -0.326 e. The van der Waals surface area contributed by atoms with Crippen LogP contribution in [0.1, 0.15) is 30.9 Å². The van der Waals surface area contributed by atoms with Crippen LogP contribution >= 0.6 is 0 Å². The van der Waals surface area contributed by atoms with E-state index in [0.29, 0.717) is 12.1 Å². The SMILES string of the molecule is CCc1ccc(NC(=O)CCCN(c2ccc(C)cc2)S(C)(=O)=O)cc1. The van der Waals surface area contributed by atoms with Crippen LogP contribution in [0.3, 0.4) is 0 Å². The topological polar surface area (TPSA) is 66.5 Å². The summed E-state index contributed by atoms with van der Waals surface area (Å²) >= 11 is 0. The molecule has 2 aromatic carbocycles. The molecule has 0 aliphatic rings. The summed E-state index contributed by atoms with van der Waals surface area (Å²) in [6, 6.07) is 15.0. The van der Waals surface area contributed by atoms with Gasteiger partial charge in [-0.3, -0.25) is 9.10 Å². The molecule has 0 saturated carbocycles. The molecule has 0 spiro atoms. The highest BCUT2D eigenvalue weighted by atomic mass is 32.2. The third-order valence-electron chi connectivity index (χ3n) is 4.13. The maximum atomic E-state index is 12.1. The molecule has 0 unspecified atom stereocenters. The fourth-order valence-electron chi connectivity index (χ4n) is 2.63. The Morgan fingerprint density at radius 3 is 2.19 bits per heavy atom. The van der Waals surface area contributed by atoms with E-state index >= 15 is 0 Å². The minimum atomic E-state index is -3.39. The van der Waals surface area contributed by atoms with E-state index in [0.717, 1.165) is 17.7 Å². The van der Waals surface area contributed by atoms with E-state index in [-0.39, 0.29) is 18.9 Å². The number of hydrogen-bond acceptors (Lipinski definition) is 3. The Labute approximate surface area is 156 Å². The highest BCUT2D eigenvalue weighted by Gasteiger charge is 2.17. The van der Waals surface area contributed by atoms with Gasteiger partial charge in [-0.1, -0.05) is 36.8 Å². The second-order valence-electron chi connectivity index (χ2n) is 6.37. The van der Waals surface area contributed by atoms with Gasteiger partial charge in [-0.05, 0) is 49.6 Å². The number of sulfonamides is 1. The van der Waals surface area contributed by atoms with Crippen LogP contribution in [-0.2, 0) is 21.2 Å². The van der Waals surface area contributed by atoms with Crippen molar-refractivity contribution in [2.45, 2.75) is 33.1 Å². The summed E-state index contributed by atoms with van der Waals surface area (Å²) in [6.45, 7) is 4.30. The lowest BCUT2D eigenvalue weighted by atomic mass is 10.1. The maximum Gasteiger partial charge on any atom is 0.232 e. The van der Waals surface area contributed by atoms with Crippen molar-refractivity contribution in [3.8, 4) is 0 Å². The first-order chi connectivity index (χ1) is 12.3. The van der Waals surface area contributed by atoms with E-state index in [1.54, 1.807) is 12.1 Å². The Bertz CT molecular complexity index is 828. The highest BCUT2D eigenvalue weighted by molar-refractivity contribution is 7.92. The smallest absolute Gasteiger partial charge is 0.232 e. The van der Waals surface area contributed by atoms with Crippen molar-refractivity contribution in [1.29, 1.82) is 0 Å². The molecule has 0 saturated heterocycles. The molecule has 1 amide bonds. The first-order valence-electron chi connectivity index (χ1n) is 8.73. The molecule has 0 aliphatic carbocycles. The maximum absolute atomic E-state index is 12.1. The van der Waals surface area contributed by atoms with E-state index in [4.69, 9.17) is 0 Å². The van der Waals surface area contributed by atoms with Crippen molar-refractivity contribution in [1.82, 2.24) is 0 Å². The van der Waals surface area contributed by atoms with Gasteiger partial charge in [-0.25, -0.2) is 8.42 Å². The van der Waals surface area contributed by atoms with Gasteiger partial charge in [0.1, 0.15) is 0 Å². The van der Waals surface area contributed by atoms with Crippen molar-refractivity contribution in [3.63, 3.8) is 0 Å². The number of amides is 1. The van der Waals surface area contributed by atoms with Gasteiger partial charge in [-0.15, -0.1) is 0 Å². The van der Waals surface area contributed by atoms with Crippen molar-refractivity contribution in [3.05, 3.63) is 59.7 Å². The molecular weight excluding hydrogens is 348 g/mol. The van der Waals surface area contributed by atoms with Gasteiger partial charge in [0.15, 0.2) is 0 Å². The largest absolute Gasteiger partial charge is 0.326 e. The lowest BCUT2D eigenvalue weighted by Crippen LogP contribution is -2.31. The molecule has 2 rings (SSSR count). The predicted octanol–water partition coefficient (Wildman–Crippen LogP) is 3.74. The average Bonchev–Trinajstić information content (AvgIpc) is 2.59. The normalized spacial score (nSPS) is 11.2. The standard InChI is InChI=1S/C20H26N2O3S/c1-4-17-9-11-18(12-10-17)21-20(23)6-5-15-22(26(3,24)25)19-13-7-16(2)8-14-19/h7-14H,4-6,15H2,1-3H3,(H,21,23). The van der Waals surface area contributed by atoms with E-state index in [9.17, 15) is 13.2 Å². The van der Waals surface area contributed by atoms with Gasteiger partial charge in [0.2, 0.25) is 15.9 Å². The summed E-state index contributed by atoms with van der Waals surface area (Å²) in [5.41, 5.74) is 3.65. The van der Waals surface area contributed by atoms with Crippen LogP contribution in [0.15, 0.2) is 48.5 Å². The van der Waals surface area contributed by atoms with E-state index in [1.165, 1.54) is 16.1 Å². The molecule has 0 bridgehead atoms. The number of aryl methyl sites for hydroxylation is 2. The molecule has 0 fully saturated rings. The van der Waals surface area contributed by atoms with Crippen LogP contribution in [-0.4, -0.2) is 27.1 Å². The third-order valence-corrected chi connectivity index (χ3v) is 5.33. The molecule has 0 radical (unpaired) electrons. The molecule has 140 valence electrons. The summed E-state index contributed by atoms with van der Waals surface area (Å²) in [5.74, 6) is -0.119. The second-order valence-corrected chi connectivity index (χ2v) is 8.28. The zero-order chi connectivity index (χ0) is 19.2. The Morgan fingerprint density at radius 1 is 1.04 bits per heavy atom. The van der Waals surface area contributed by atoms with Crippen LogP contribution in [0.5, 0.6) is 0 Å². The predicted molar refractivity (Wildman–Crippen MR) is 107 cm³/mol. The molecule has 0 atom stereocenters. The zero-order valence-corrected chi connectivity index (χ0v) is 16.3. The zero-order valence-electron chi connectivity index (χ0n) is 15.5. The van der Waals surface area contributed by atoms with Crippen LogP contribution in [0.2, 0.25) is 0 Å². The Balaban J connectivity index is 1.92. The van der Waals surface area contributed by atoms with Gasteiger partial charge in [0.05, 0.1) is 11.9 Å². The summed E-state index contributed by atoms with van der Waals surface area (Å²) in [4.78, 5) is 12.1. The molecule has 0 heterocycles. The van der Waals surface area contributed by atoms with Crippen molar-refractivity contribution in [2.75, 3.05) is 22.4 Å². The molecule has 1 N–H and O–H groups in total. The number of nitrogens with one attached hydrogen (secondary N) is 1. The summed E-state index contributed by atoms with van der Waals surface area (Å²) in [7, 11) is -3.39. The molecular formula is C20H26N2O3S. The van der Waals surface area contributed by atoms with Crippen LogP contribution in [0.25, 0.3) is 0 Å². The number of nitrogens with zero attached hydrogens (tertiary/aromatic N) is 1. The van der Waals surface area contributed by atoms with Crippen molar-refractivity contribution < 1.29 is 13.2 Å². The Kier molecular flexibility index (Phi) is 6.80. The average molecular weight is 375 g/mol. The van der Waals surface area contributed by atoms with Gasteiger partial charge in [0, 0.05) is 18.7 Å². The third kappa shape index (κ3) is 5.88. The number of benzene rings is 2. The van der Waals surface area contributed by atoms with E-state index in [2.05, 4.69) is 12.2 Å². The lowest BCUT2D eigenvalue weighted by molar-refractivity contribution is -0.116. The second kappa shape index (κ2) is 8.85. The summed E-state index contributed by atoms with van der Waals surface area (Å²) in [5, 5.41) is 2.85. The van der Waals surface area contributed by atoms with Crippen LogP contribution in [0.4, 0.5) is 11.4 Å². The molecule has 0 aromatic heterocycles. The fraction of sp³-hybridized carbons (Fsp3) is 0.350. The summed E-state index contributed by atoms with van der Waals surface area (Å²) in [6.07, 6.45) is 2.84. The quantitative estimate of drug-likeness (QED) is 0.765. The molecule has 6 heteroatoms. The van der Waals surface area contributed by atoms with Crippen molar-refractivity contribution >= 4 is 27.3 Å². The van der Waals surface area contributed by atoms with E-state index in [1.807, 2.05) is 43.3 Å². The monoisotopic (exact) mass is 374 g/mol. The van der Waals surface area contributed by atoms with Crippen LogP contribution in [0, 0.1) is 6.92 Å². The summed E-state index contributed by atoms with van der Waals surface area (Å²) < 4.78 is 25.5. The Morgan fingerprint density at radius 2 is 1.65 bits per heavy atom. The van der Waals surface area contributed by atoms with Gasteiger partial charge in [0.25, 0.3) is 0 Å². The Hall–Kier alpha value is -2.34. The number of hydrogen-bond donors (Lipinski definition) is 1. The first-order valence-corrected chi connectivity index (χ1v) is 10.6.